The van der Waals surface area contributed by atoms with Crippen LogP contribution in [-0.4, -0.2) is 30.3 Å². The molecule has 0 aliphatic heterocycles. The Morgan fingerprint density at radius 3 is 2.40 bits per heavy atom. The van der Waals surface area contributed by atoms with E-state index in [1.807, 2.05) is 26.8 Å². The van der Waals surface area contributed by atoms with E-state index < -0.39 is 0 Å². The first-order valence-corrected chi connectivity index (χ1v) is 9.84. The number of benzene rings is 2. The maximum absolute atomic E-state index is 12.3. The summed E-state index contributed by atoms with van der Waals surface area (Å²) >= 11 is 0. The molecule has 1 N–H and O–H groups in total. The minimum absolute atomic E-state index is 0.0234. The van der Waals surface area contributed by atoms with Crippen molar-refractivity contribution in [1.82, 2.24) is 10.1 Å². The molecule has 7 nitrogen and oxygen atoms in total. The lowest BCUT2D eigenvalue weighted by atomic mass is 10.0. The van der Waals surface area contributed by atoms with Crippen LogP contribution >= 0.6 is 0 Å². The van der Waals surface area contributed by atoms with Crippen molar-refractivity contribution in [3.05, 3.63) is 52.9 Å². The van der Waals surface area contributed by atoms with Crippen LogP contribution in [0.25, 0.3) is 11.4 Å². The molecule has 0 saturated carbocycles. The zero-order valence-electron chi connectivity index (χ0n) is 18.0. The van der Waals surface area contributed by atoms with E-state index in [-0.39, 0.29) is 5.91 Å². The second-order valence-electron chi connectivity index (χ2n) is 7.26. The highest BCUT2D eigenvalue weighted by Crippen LogP contribution is 2.31. The lowest BCUT2D eigenvalue weighted by Gasteiger charge is -2.12. The Labute approximate surface area is 176 Å². The number of methoxy groups -OCH3 is 2. The zero-order valence-corrected chi connectivity index (χ0v) is 18.0. The first-order chi connectivity index (χ1) is 14.4. The highest BCUT2D eigenvalue weighted by atomic mass is 16.5. The Kier molecular flexibility index (Phi) is 6.72. The molecule has 3 rings (SSSR count). The van der Waals surface area contributed by atoms with Gasteiger partial charge in [0.05, 0.1) is 14.2 Å². The van der Waals surface area contributed by atoms with Gasteiger partial charge in [0.1, 0.15) is 0 Å². The van der Waals surface area contributed by atoms with Crippen LogP contribution in [0.2, 0.25) is 0 Å². The predicted molar refractivity (Wildman–Crippen MR) is 115 cm³/mol. The molecule has 3 aromatic rings. The second-order valence-corrected chi connectivity index (χ2v) is 7.26. The van der Waals surface area contributed by atoms with Gasteiger partial charge in [-0.2, -0.15) is 4.98 Å². The molecule has 0 aliphatic rings. The van der Waals surface area contributed by atoms with E-state index in [2.05, 4.69) is 27.6 Å². The Morgan fingerprint density at radius 2 is 1.73 bits per heavy atom. The van der Waals surface area contributed by atoms with Gasteiger partial charge in [-0.15, -0.1) is 0 Å². The van der Waals surface area contributed by atoms with Crippen LogP contribution in [-0.2, 0) is 11.2 Å². The maximum atomic E-state index is 12.3. The van der Waals surface area contributed by atoms with E-state index in [1.54, 1.807) is 26.4 Å². The highest BCUT2D eigenvalue weighted by Gasteiger charge is 2.13. The molecule has 1 heterocycles. The minimum atomic E-state index is -0.0234. The van der Waals surface area contributed by atoms with Gasteiger partial charge in [-0.25, -0.2) is 0 Å². The van der Waals surface area contributed by atoms with Gasteiger partial charge in [0.2, 0.25) is 17.6 Å². The number of amides is 1. The molecule has 1 aromatic heterocycles. The van der Waals surface area contributed by atoms with Gasteiger partial charge in [-0.3, -0.25) is 4.79 Å². The summed E-state index contributed by atoms with van der Waals surface area (Å²) in [6.45, 7) is 6.06. The molecule has 7 heteroatoms. The fraction of sp³-hybridized carbons (Fsp3) is 0.348. The van der Waals surface area contributed by atoms with Crippen LogP contribution in [0.1, 0.15) is 35.4 Å². The summed E-state index contributed by atoms with van der Waals surface area (Å²) in [5.41, 5.74) is 4.98. The number of carbonyl (C=O) groups is 1. The van der Waals surface area contributed by atoms with E-state index in [9.17, 15) is 4.79 Å². The molecular formula is C23H27N3O4. The van der Waals surface area contributed by atoms with Gasteiger partial charge < -0.3 is 19.3 Å². The number of aryl methyl sites for hydroxylation is 4. The van der Waals surface area contributed by atoms with Crippen molar-refractivity contribution in [3.63, 3.8) is 0 Å². The van der Waals surface area contributed by atoms with Crippen LogP contribution in [0.3, 0.4) is 0 Å². The number of hydrogen-bond donors (Lipinski definition) is 1. The second kappa shape index (κ2) is 9.43. The van der Waals surface area contributed by atoms with Crippen LogP contribution < -0.4 is 14.8 Å². The average molecular weight is 409 g/mol. The summed E-state index contributed by atoms with van der Waals surface area (Å²) in [4.78, 5) is 16.8. The van der Waals surface area contributed by atoms with Crippen LogP contribution in [0.5, 0.6) is 11.5 Å². The van der Waals surface area contributed by atoms with Gasteiger partial charge in [-0.1, -0.05) is 22.9 Å². The van der Waals surface area contributed by atoms with Gasteiger partial charge in [0, 0.05) is 24.1 Å². The summed E-state index contributed by atoms with van der Waals surface area (Å²) in [6, 6.07) is 9.57. The molecule has 0 radical (unpaired) electrons. The van der Waals surface area contributed by atoms with E-state index in [1.165, 1.54) is 5.56 Å². The number of nitrogens with zero attached hydrogens (tertiary/aromatic N) is 2. The Morgan fingerprint density at radius 1 is 1.03 bits per heavy atom. The van der Waals surface area contributed by atoms with Crippen molar-refractivity contribution in [2.24, 2.45) is 0 Å². The van der Waals surface area contributed by atoms with Crippen molar-refractivity contribution < 1.29 is 18.8 Å². The van der Waals surface area contributed by atoms with E-state index in [0.717, 1.165) is 22.4 Å². The number of anilines is 1. The Hall–Kier alpha value is -3.35. The van der Waals surface area contributed by atoms with Gasteiger partial charge in [0.15, 0.2) is 11.5 Å². The molecule has 158 valence electrons. The molecule has 30 heavy (non-hydrogen) atoms. The SMILES string of the molecule is COc1ccc(-c2noc(CCCC(=O)Nc3c(C)cc(C)cc3C)n2)cc1OC. The third kappa shape index (κ3) is 4.97. The monoisotopic (exact) mass is 409 g/mol. The lowest BCUT2D eigenvalue weighted by Crippen LogP contribution is -2.13. The van der Waals surface area contributed by atoms with Crippen molar-refractivity contribution >= 4 is 11.6 Å². The largest absolute Gasteiger partial charge is 0.493 e. The van der Waals surface area contributed by atoms with Crippen molar-refractivity contribution in [2.45, 2.75) is 40.0 Å². The number of nitrogens with one attached hydrogen (secondary N) is 1. The summed E-state index contributed by atoms with van der Waals surface area (Å²) in [5, 5.41) is 7.05. The van der Waals surface area contributed by atoms with Crippen molar-refractivity contribution in [1.29, 1.82) is 0 Å². The molecule has 0 fully saturated rings. The van der Waals surface area contributed by atoms with Gasteiger partial charge >= 0.3 is 0 Å². The third-order valence-electron chi connectivity index (χ3n) is 4.85. The molecule has 0 unspecified atom stereocenters. The van der Waals surface area contributed by atoms with Crippen LogP contribution in [0.4, 0.5) is 5.69 Å². The number of aromatic nitrogens is 2. The molecule has 2 aromatic carbocycles. The Balaban J connectivity index is 1.57. The topological polar surface area (TPSA) is 86.5 Å². The quantitative estimate of drug-likeness (QED) is 0.583. The summed E-state index contributed by atoms with van der Waals surface area (Å²) in [5.74, 6) is 2.18. The van der Waals surface area contributed by atoms with E-state index >= 15 is 0 Å². The smallest absolute Gasteiger partial charge is 0.226 e. The summed E-state index contributed by atoms with van der Waals surface area (Å²) in [7, 11) is 3.16. The number of carbonyl (C=O) groups excluding carboxylic acids is 1. The molecule has 0 saturated heterocycles. The summed E-state index contributed by atoms with van der Waals surface area (Å²) in [6.07, 6.45) is 1.52. The molecule has 1 amide bonds. The highest BCUT2D eigenvalue weighted by molar-refractivity contribution is 5.92. The molecule has 0 aliphatic carbocycles. The van der Waals surface area contributed by atoms with E-state index in [0.29, 0.717) is 42.5 Å². The third-order valence-corrected chi connectivity index (χ3v) is 4.85. The number of ether oxygens (including phenoxy) is 2. The zero-order chi connectivity index (χ0) is 21.7. The average Bonchev–Trinajstić information content (AvgIpc) is 3.19. The molecular weight excluding hydrogens is 382 g/mol. The first kappa shape index (κ1) is 21.4. The molecule has 0 atom stereocenters. The lowest BCUT2D eigenvalue weighted by molar-refractivity contribution is -0.116. The predicted octanol–water partition coefficient (Wildman–Crippen LogP) is 4.64. The number of rotatable bonds is 8. The van der Waals surface area contributed by atoms with Gasteiger partial charge in [-0.05, 0) is 56.5 Å². The minimum Gasteiger partial charge on any atom is -0.493 e. The van der Waals surface area contributed by atoms with E-state index in [4.69, 9.17) is 14.0 Å². The fourth-order valence-corrected chi connectivity index (χ4v) is 3.43. The standard InChI is InChI=1S/C23H27N3O4/c1-14-11-15(2)22(16(3)12-14)24-20(27)7-6-8-21-25-23(26-30-21)17-9-10-18(28-4)19(13-17)29-5/h9-13H,6-8H2,1-5H3,(H,24,27). The Bertz CT molecular complexity index is 1020. The molecule has 0 spiro atoms. The first-order valence-electron chi connectivity index (χ1n) is 9.84. The maximum Gasteiger partial charge on any atom is 0.226 e. The summed E-state index contributed by atoms with van der Waals surface area (Å²) < 4.78 is 15.9. The normalized spacial score (nSPS) is 10.7. The fourth-order valence-electron chi connectivity index (χ4n) is 3.43. The number of hydrogen-bond acceptors (Lipinski definition) is 6. The molecule has 0 bridgehead atoms. The van der Waals surface area contributed by atoms with Crippen molar-refractivity contribution in [3.8, 4) is 22.9 Å². The van der Waals surface area contributed by atoms with Crippen LogP contribution in [0.15, 0.2) is 34.9 Å². The van der Waals surface area contributed by atoms with Crippen molar-refractivity contribution in [2.75, 3.05) is 19.5 Å². The van der Waals surface area contributed by atoms with Gasteiger partial charge in [0.25, 0.3) is 0 Å². The van der Waals surface area contributed by atoms with Crippen LogP contribution in [0, 0.1) is 20.8 Å².